The van der Waals surface area contributed by atoms with E-state index in [4.69, 9.17) is 4.74 Å². The predicted octanol–water partition coefficient (Wildman–Crippen LogP) is 3.29. The smallest absolute Gasteiger partial charge is 0.119 e. The summed E-state index contributed by atoms with van der Waals surface area (Å²) < 4.78 is 5.62. The van der Waals surface area contributed by atoms with Crippen LogP contribution in [0.1, 0.15) is 52.1 Å². The number of hydrogen-bond donors (Lipinski definition) is 2. The third-order valence-electron chi connectivity index (χ3n) is 3.06. The van der Waals surface area contributed by atoms with Crippen LogP contribution in [0.2, 0.25) is 0 Å². The van der Waals surface area contributed by atoms with Crippen molar-refractivity contribution in [1.29, 1.82) is 0 Å². The molecule has 0 aromatic heterocycles. The number of benzene rings is 1. The summed E-state index contributed by atoms with van der Waals surface area (Å²) >= 11 is 0. The molecule has 0 radical (unpaired) electrons. The maximum absolute atomic E-state index is 9.61. The van der Waals surface area contributed by atoms with E-state index in [2.05, 4.69) is 31.3 Å². The normalized spacial score (nSPS) is 13.3. The predicted molar refractivity (Wildman–Crippen MR) is 79.6 cm³/mol. The molecule has 1 atom stereocenters. The highest BCUT2D eigenvalue weighted by Crippen LogP contribution is 2.18. The summed E-state index contributed by atoms with van der Waals surface area (Å²) in [7, 11) is 0. The first-order valence-corrected chi connectivity index (χ1v) is 7.11. The summed E-state index contributed by atoms with van der Waals surface area (Å²) in [4.78, 5) is 0. The zero-order chi connectivity index (χ0) is 14.3. The lowest BCUT2D eigenvalue weighted by molar-refractivity contribution is 0.0553. The van der Waals surface area contributed by atoms with E-state index in [0.717, 1.165) is 18.7 Å². The maximum Gasteiger partial charge on any atom is 0.119 e. The highest BCUT2D eigenvalue weighted by atomic mass is 16.5. The van der Waals surface area contributed by atoms with Gasteiger partial charge in [-0.15, -0.1) is 0 Å². The highest BCUT2D eigenvalue weighted by molar-refractivity contribution is 5.28. The summed E-state index contributed by atoms with van der Waals surface area (Å²) in [5.41, 5.74) is 0.599. The second-order valence-corrected chi connectivity index (χ2v) is 5.66. The SMILES string of the molecule is CCCNC(C)c1ccc(OCCC(C)(C)O)cc1. The molecule has 3 nitrogen and oxygen atoms in total. The van der Waals surface area contributed by atoms with Gasteiger partial charge in [-0.2, -0.15) is 0 Å². The fourth-order valence-corrected chi connectivity index (χ4v) is 1.75. The summed E-state index contributed by atoms with van der Waals surface area (Å²) in [6.07, 6.45) is 1.77. The Morgan fingerprint density at radius 3 is 2.42 bits per heavy atom. The largest absolute Gasteiger partial charge is 0.493 e. The van der Waals surface area contributed by atoms with Gasteiger partial charge in [-0.3, -0.25) is 0 Å². The van der Waals surface area contributed by atoms with Crippen molar-refractivity contribution in [3.8, 4) is 5.75 Å². The van der Waals surface area contributed by atoms with Crippen molar-refractivity contribution in [1.82, 2.24) is 5.32 Å². The van der Waals surface area contributed by atoms with Gasteiger partial charge in [-0.25, -0.2) is 0 Å². The molecule has 1 aromatic rings. The molecule has 19 heavy (non-hydrogen) atoms. The third-order valence-corrected chi connectivity index (χ3v) is 3.06. The van der Waals surface area contributed by atoms with Crippen molar-refractivity contribution in [3.05, 3.63) is 29.8 Å². The van der Waals surface area contributed by atoms with Gasteiger partial charge in [0.05, 0.1) is 12.2 Å². The van der Waals surface area contributed by atoms with Crippen LogP contribution in [0, 0.1) is 0 Å². The van der Waals surface area contributed by atoms with Crippen LogP contribution in [-0.4, -0.2) is 23.9 Å². The number of ether oxygens (including phenoxy) is 1. The summed E-state index contributed by atoms with van der Waals surface area (Å²) in [6.45, 7) is 9.48. The van der Waals surface area contributed by atoms with Crippen LogP contribution in [0.15, 0.2) is 24.3 Å². The van der Waals surface area contributed by atoms with Gasteiger partial charge in [0, 0.05) is 12.5 Å². The maximum atomic E-state index is 9.61. The van der Waals surface area contributed by atoms with Crippen molar-refractivity contribution in [3.63, 3.8) is 0 Å². The first kappa shape index (κ1) is 16.0. The van der Waals surface area contributed by atoms with E-state index >= 15 is 0 Å². The summed E-state index contributed by atoms with van der Waals surface area (Å²) in [5.74, 6) is 0.857. The molecule has 0 saturated carbocycles. The van der Waals surface area contributed by atoms with Crippen LogP contribution >= 0.6 is 0 Å². The molecular weight excluding hydrogens is 238 g/mol. The van der Waals surface area contributed by atoms with Crippen LogP contribution in [-0.2, 0) is 0 Å². The van der Waals surface area contributed by atoms with Crippen LogP contribution in [0.25, 0.3) is 0 Å². The zero-order valence-electron chi connectivity index (χ0n) is 12.6. The molecular formula is C16H27NO2. The monoisotopic (exact) mass is 265 g/mol. The molecule has 3 heteroatoms. The number of aliphatic hydroxyl groups is 1. The van der Waals surface area contributed by atoms with Crippen LogP contribution in [0.4, 0.5) is 0 Å². The molecule has 0 fully saturated rings. The molecule has 108 valence electrons. The average Bonchev–Trinajstić information content (AvgIpc) is 2.35. The lowest BCUT2D eigenvalue weighted by atomic mass is 10.1. The molecule has 1 rings (SSSR count). The Balaban J connectivity index is 2.43. The van der Waals surface area contributed by atoms with E-state index in [1.54, 1.807) is 13.8 Å². The molecule has 0 spiro atoms. The van der Waals surface area contributed by atoms with Crippen LogP contribution in [0.3, 0.4) is 0 Å². The minimum absolute atomic E-state index is 0.366. The Labute approximate surface area is 117 Å². The van der Waals surface area contributed by atoms with Crippen LogP contribution in [0.5, 0.6) is 5.75 Å². The first-order valence-electron chi connectivity index (χ1n) is 7.11. The molecule has 2 N–H and O–H groups in total. The Hall–Kier alpha value is -1.06. The van der Waals surface area contributed by atoms with E-state index in [9.17, 15) is 5.11 Å². The molecule has 0 amide bonds. The van der Waals surface area contributed by atoms with Crippen molar-refractivity contribution >= 4 is 0 Å². The second kappa shape index (κ2) is 7.51. The van der Waals surface area contributed by atoms with Gasteiger partial charge < -0.3 is 15.2 Å². The minimum atomic E-state index is -0.668. The van der Waals surface area contributed by atoms with Crippen molar-refractivity contribution < 1.29 is 9.84 Å². The molecule has 1 aromatic carbocycles. The van der Waals surface area contributed by atoms with E-state index in [0.29, 0.717) is 19.1 Å². The van der Waals surface area contributed by atoms with E-state index in [1.165, 1.54) is 5.56 Å². The molecule has 0 heterocycles. The van der Waals surface area contributed by atoms with Crippen molar-refractivity contribution in [2.75, 3.05) is 13.2 Å². The number of rotatable bonds is 8. The van der Waals surface area contributed by atoms with Gasteiger partial charge in [0.2, 0.25) is 0 Å². The third kappa shape index (κ3) is 6.60. The van der Waals surface area contributed by atoms with Crippen LogP contribution < -0.4 is 10.1 Å². The Morgan fingerprint density at radius 2 is 1.89 bits per heavy atom. The second-order valence-electron chi connectivity index (χ2n) is 5.66. The molecule has 0 aliphatic carbocycles. The van der Waals surface area contributed by atoms with Crippen molar-refractivity contribution in [2.24, 2.45) is 0 Å². The lowest BCUT2D eigenvalue weighted by Gasteiger charge is -2.17. The summed E-state index contributed by atoms with van der Waals surface area (Å²) in [6, 6.07) is 8.53. The highest BCUT2D eigenvalue weighted by Gasteiger charge is 2.12. The molecule has 0 aliphatic heterocycles. The van der Waals surface area contributed by atoms with Crippen molar-refractivity contribution in [2.45, 2.75) is 52.2 Å². The van der Waals surface area contributed by atoms with E-state index in [-0.39, 0.29) is 0 Å². The minimum Gasteiger partial charge on any atom is -0.493 e. The number of nitrogens with one attached hydrogen (secondary N) is 1. The number of hydrogen-bond acceptors (Lipinski definition) is 3. The molecule has 0 aliphatic rings. The zero-order valence-corrected chi connectivity index (χ0v) is 12.6. The Kier molecular flexibility index (Phi) is 6.32. The Bertz CT molecular complexity index is 354. The summed E-state index contributed by atoms with van der Waals surface area (Å²) in [5, 5.41) is 13.1. The molecule has 1 unspecified atom stereocenters. The fourth-order valence-electron chi connectivity index (χ4n) is 1.75. The van der Waals surface area contributed by atoms with Gasteiger partial charge in [0.25, 0.3) is 0 Å². The Morgan fingerprint density at radius 1 is 1.26 bits per heavy atom. The lowest BCUT2D eigenvalue weighted by Crippen LogP contribution is -2.21. The van der Waals surface area contributed by atoms with Gasteiger partial charge in [-0.1, -0.05) is 19.1 Å². The first-order chi connectivity index (χ1) is 8.92. The van der Waals surface area contributed by atoms with Gasteiger partial charge >= 0.3 is 0 Å². The van der Waals surface area contributed by atoms with E-state index < -0.39 is 5.60 Å². The van der Waals surface area contributed by atoms with Gasteiger partial charge in [0.1, 0.15) is 5.75 Å². The standard InChI is InChI=1S/C16H27NO2/c1-5-11-17-13(2)14-6-8-15(9-7-14)19-12-10-16(3,4)18/h6-9,13,17-18H,5,10-12H2,1-4H3. The van der Waals surface area contributed by atoms with Gasteiger partial charge in [-0.05, 0) is 51.4 Å². The van der Waals surface area contributed by atoms with E-state index in [1.807, 2.05) is 12.1 Å². The topological polar surface area (TPSA) is 41.5 Å². The molecule has 0 saturated heterocycles. The average molecular weight is 265 g/mol. The molecule has 0 bridgehead atoms. The quantitative estimate of drug-likeness (QED) is 0.758. The van der Waals surface area contributed by atoms with Gasteiger partial charge in [0.15, 0.2) is 0 Å². The fraction of sp³-hybridized carbons (Fsp3) is 0.625.